The zero-order chi connectivity index (χ0) is 16.3. The van der Waals surface area contributed by atoms with E-state index in [9.17, 15) is 4.79 Å². The van der Waals surface area contributed by atoms with Crippen LogP contribution in [-0.4, -0.2) is 30.8 Å². The molecule has 0 fully saturated rings. The van der Waals surface area contributed by atoms with Crippen molar-refractivity contribution in [2.24, 2.45) is 11.7 Å². The van der Waals surface area contributed by atoms with E-state index in [-0.39, 0.29) is 0 Å². The number of hydrogen-bond acceptors (Lipinski definition) is 4. The van der Waals surface area contributed by atoms with Crippen LogP contribution in [0.2, 0.25) is 0 Å². The Labute approximate surface area is 131 Å². The van der Waals surface area contributed by atoms with Crippen molar-refractivity contribution in [3.63, 3.8) is 0 Å². The standard InChI is InChI=1S/C17H24N2O3/c1-11(2)9-19-10-12(7-15(18)17(20)22-4)14-8-13(21-3)5-6-16(14)19/h5-6,8,10-11,15H,7,9,18H2,1-4H3. The molecule has 1 unspecified atom stereocenters. The molecule has 0 aliphatic heterocycles. The first kappa shape index (κ1) is 16.4. The van der Waals surface area contributed by atoms with Crippen LogP contribution >= 0.6 is 0 Å². The van der Waals surface area contributed by atoms with Gasteiger partial charge in [-0.1, -0.05) is 13.8 Å². The van der Waals surface area contributed by atoms with Crippen LogP contribution in [0.1, 0.15) is 19.4 Å². The van der Waals surface area contributed by atoms with Crippen LogP contribution in [-0.2, 0) is 22.5 Å². The average Bonchev–Trinajstić information content (AvgIpc) is 2.82. The fraction of sp³-hybridized carbons (Fsp3) is 0.471. The third kappa shape index (κ3) is 3.42. The van der Waals surface area contributed by atoms with Crippen molar-refractivity contribution >= 4 is 16.9 Å². The van der Waals surface area contributed by atoms with Gasteiger partial charge in [-0.05, 0) is 29.7 Å². The highest BCUT2D eigenvalue weighted by Crippen LogP contribution is 2.27. The third-order valence-electron chi connectivity index (χ3n) is 3.68. The number of hydrogen-bond donors (Lipinski definition) is 1. The van der Waals surface area contributed by atoms with Gasteiger partial charge >= 0.3 is 5.97 Å². The number of methoxy groups -OCH3 is 2. The van der Waals surface area contributed by atoms with E-state index in [1.807, 2.05) is 18.2 Å². The highest BCUT2D eigenvalue weighted by molar-refractivity contribution is 5.86. The zero-order valence-electron chi connectivity index (χ0n) is 13.6. The van der Waals surface area contributed by atoms with Crippen molar-refractivity contribution < 1.29 is 14.3 Å². The van der Waals surface area contributed by atoms with Crippen LogP contribution in [0.5, 0.6) is 5.75 Å². The number of aromatic nitrogens is 1. The van der Waals surface area contributed by atoms with E-state index in [0.29, 0.717) is 12.3 Å². The van der Waals surface area contributed by atoms with Crippen LogP contribution in [0.4, 0.5) is 0 Å². The molecule has 2 rings (SSSR count). The Hall–Kier alpha value is -2.01. The van der Waals surface area contributed by atoms with Gasteiger partial charge in [0.15, 0.2) is 0 Å². The van der Waals surface area contributed by atoms with Crippen molar-refractivity contribution in [3.05, 3.63) is 30.0 Å². The number of ether oxygens (including phenoxy) is 2. The van der Waals surface area contributed by atoms with Crippen LogP contribution in [0.25, 0.3) is 10.9 Å². The van der Waals surface area contributed by atoms with E-state index in [0.717, 1.165) is 28.8 Å². The van der Waals surface area contributed by atoms with Gasteiger partial charge in [-0.2, -0.15) is 0 Å². The Bertz CT molecular complexity index is 661. The molecule has 1 aromatic carbocycles. The molecule has 0 saturated heterocycles. The van der Waals surface area contributed by atoms with Gasteiger partial charge in [0.05, 0.1) is 14.2 Å². The lowest BCUT2D eigenvalue weighted by atomic mass is 10.1. The molecular weight excluding hydrogens is 280 g/mol. The number of nitrogens with zero attached hydrogens (tertiary/aromatic N) is 1. The minimum absolute atomic E-state index is 0.396. The molecule has 1 heterocycles. The summed E-state index contributed by atoms with van der Waals surface area (Å²) in [5.41, 5.74) is 8.08. The van der Waals surface area contributed by atoms with Gasteiger partial charge < -0.3 is 19.8 Å². The lowest BCUT2D eigenvalue weighted by Crippen LogP contribution is -2.33. The van der Waals surface area contributed by atoms with Crippen LogP contribution in [0.15, 0.2) is 24.4 Å². The molecule has 2 N–H and O–H groups in total. The Morgan fingerprint density at radius 3 is 2.64 bits per heavy atom. The Kier molecular flexibility index (Phi) is 5.08. The monoisotopic (exact) mass is 304 g/mol. The number of carbonyl (C=O) groups excluding carboxylic acids is 1. The fourth-order valence-electron chi connectivity index (χ4n) is 2.66. The average molecular weight is 304 g/mol. The van der Waals surface area contributed by atoms with Crippen molar-refractivity contribution in [2.75, 3.05) is 14.2 Å². The van der Waals surface area contributed by atoms with Gasteiger partial charge in [-0.15, -0.1) is 0 Å². The summed E-state index contributed by atoms with van der Waals surface area (Å²) in [5, 5.41) is 1.07. The minimum atomic E-state index is -0.658. The van der Waals surface area contributed by atoms with E-state index >= 15 is 0 Å². The largest absolute Gasteiger partial charge is 0.497 e. The molecule has 5 heteroatoms. The van der Waals surface area contributed by atoms with Gasteiger partial charge in [-0.3, -0.25) is 4.79 Å². The predicted octanol–water partition coefficient (Wildman–Crippen LogP) is 2.35. The quantitative estimate of drug-likeness (QED) is 0.832. The molecule has 1 aromatic heterocycles. The van der Waals surface area contributed by atoms with E-state index < -0.39 is 12.0 Å². The Morgan fingerprint density at radius 1 is 1.32 bits per heavy atom. The van der Waals surface area contributed by atoms with Crippen molar-refractivity contribution in [1.82, 2.24) is 4.57 Å². The topological polar surface area (TPSA) is 66.5 Å². The number of rotatable bonds is 6. The fourth-order valence-corrected chi connectivity index (χ4v) is 2.66. The molecule has 0 aliphatic carbocycles. The van der Waals surface area contributed by atoms with Crippen LogP contribution in [0, 0.1) is 5.92 Å². The second-order valence-electron chi connectivity index (χ2n) is 5.92. The summed E-state index contributed by atoms with van der Waals surface area (Å²) in [4.78, 5) is 11.6. The molecule has 0 radical (unpaired) electrons. The molecule has 1 atom stereocenters. The summed E-state index contributed by atoms with van der Waals surface area (Å²) in [6.07, 6.45) is 2.52. The number of nitrogens with two attached hydrogens (primary N) is 1. The summed E-state index contributed by atoms with van der Waals surface area (Å²) in [7, 11) is 3.00. The van der Waals surface area contributed by atoms with E-state index in [1.165, 1.54) is 7.11 Å². The first-order valence-corrected chi connectivity index (χ1v) is 7.45. The second kappa shape index (κ2) is 6.83. The van der Waals surface area contributed by atoms with Gasteiger partial charge in [0.25, 0.3) is 0 Å². The normalized spacial score (nSPS) is 12.6. The van der Waals surface area contributed by atoms with Crippen LogP contribution in [0.3, 0.4) is 0 Å². The summed E-state index contributed by atoms with van der Waals surface area (Å²) in [6, 6.07) is 5.33. The summed E-state index contributed by atoms with van der Waals surface area (Å²) >= 11 is 0. The van der Waals surface area contributed by atoms with Crippen LogP contribution < -0.4 is 10.5 Å². The van der Waals surface area contributed by atoms with Crippen molar-refractivity contribution in [1.29, 1.82) is 0 Å². The van der Waals surface area contributed by atoms with Gasteiger partial charge in [0, 0.05) is 30.1 Å². The molecule has 0 bridgehead atoms. The molecular formula is C17H24N2O3. The van der Waals surface area contributed by atoms with E-state index in [2.05, 4.69) is 24.6 Å². The molecule has 0 aliphatic rings. The lowest BCUT2D eigenvalue weighted by Gasteiger charge is -2.08. The zero-order valence-corrected chi connectivity index (χ0v) is 13.6. The third-order valence-corrected chi connectivity index (χ3v) is 3.68. The molecule has 2 aromatic rings. The van der Waals surface area contributed by atoms with Gasteiger partial charge in [0.2, 0.25) is 0 Å². The predicted molar refractivity (Wildman–Crippen MR) is 87.0 cm³/mol. The molecule has 0 saturated carbocycles. The first-order chi connectivity index (χ1) is 10.5. The molecule has 120 valence electrons. The summed E-state index contributed by atoms with van der Waals surface area (Å²) in [6.45, 7) is 5.26. The molecule has 22 heavy (non-hydrogen) atoms. The summed E-state index contributed by atoms with van der Waals surface area (Å²) in [5.74, 6) is 0.926. The van der Waals surface area contributed by atoms with Crippen molar-refractivity contribution in [3.8, 4) is 5.75 Å². The van der Waals surface area contributed by atoms with Gasteiger partial charge in [0.1, 0.15) is 11.8 Å². The number of esters is 1. The maximum atomic E-state index is 11.6. The number of benzene rings is 1. The maximum absolute atomic E-state index is 11.6. The number of fused-ring (bicyclic) bond motifs is 1. The lowest BCUT2D eigenvalue weighted by molar-refractivity contribution is -0.142. The van der Waals surface area contributed by atoms with E-state index in [4.69, 9.17) is 15.2 Å². The highest BCUT2D eigenvalue weighted by Gasteiger charge is 2.18. The SMILES string of the molecule is COC(=O)C(N)Cc1cn(CC(C)C)c2ccc(OC)cc12. The smallest absolute Gasteiger partial charge is 0.322 e. The maximum Gasteiger partial charge on any atom is 0.322 e. The van der Waals surface area contributed by atoms with Gasteiger partial charge in [-0.25, -0.2) is 0 Å². The Morgan fingerprint density at radius 2 is 2.05 bits per heavy atom. The number of carbonyl (C=O) groups is 1. The minimum Gasteiger partial charge on any atom is -0.497 e. The summed E-state index contributed by atoms with van der Waals surface area (Å²) < 4.78 is 12.2. The van der Waals surface area contributed by atoms with E-state index in [1.54, 1.807) is 7.11 Å². The first-order valence-electron chi connectivity index (χ1n) is 7.45. The molecule has 0 amide bonds. The highest BCUT2D eigenvalue weighted by atomic mass is 16.5. The second-order valence-corrected chi connectivity index (χ2v) is 5.92. The Balaban J connectivity index is 2.44. The molecule has 0 spiro atoms. The molecule has 5 nitrogen and oxygen atoms in total. The van der Waals surface area contributed by atoms with Crippen molar-refractivity contribution in [2.45, 2.75) is 32.9 Å².